The highest BCUT2D eigenvalue weighted by Gasteiger charge is 2.44. The topological polar surface area (TPSA) is 114 Å². The van der Waals surface area contributed by atoms with Crippen LogP contribution in [-0.2, 0) is 4.79 Å². The summed E-state index contributed by atoms with van der Waals surface area (Å²) >= 11 is 12.2. The zero-order valence-electron chi connectivity index (χ0n) is 20.7. The Bertz CT molecular complexity index is 1190. The van der Waals surface area contributed by atoms with Crippen molar-refractivity contribution in [2.75, 3.05) is 27.3 Å². The molecule has 2 aliphatic rings. The van der Waals surface area contributed by atoms with Gasteiger partial charge < -0.3 is 30.3 Å². The van der Waals surface area contributed by atoms with E-state index in [1.165, 1.54) is 36.2 Å². The van der Waals surface area contributed by atoms with Gasteiger partial charge in [0, 0.05) is 36.3 Å². The van der Waals surface area contributed by atoms with E-state index in [0.717, 1.165) is 25.7 Å². The minimum Gasteiger partial charge on any atom is -0.493 e. The monoisotopic (exact) mass is 548 g/mol. The van der Waals surface area contributed by atoms with Crippen LogP contribution < -0.4 is 20.5 Å². The Balaban J connectivity index is 1.63. The number of hydrogen-bond donors (Lipinski definition) is 2. The summed E-state index contributed by atoms with van der Waals surface area (Å²) in [6.07, 6.45) is 1.94. The fourth-order valence-electron chi connectivity index (χ4n) is 4.81. The number of methoxy groups -OCH3 is 2. The summed E-state index contributed by atoms with van der Waals surface area (Å²) < 4.78 is 10.6. The van der Waals surface area contributed by atoms with Crippen molar-refractivity contribution >= 4 is 40.9 Å². The number of nitrogens with one attached hydrogen (secondary N) is 1. The summed E-state index contributed by atoms with van der Waals surface area (Å²) in [5.74, 6) is -0.388. The van der Waals surface area contributed by atoms with Gasteiger partial charge in [-0.25, -0.2) is 0 Å². The van der Waals surface area contributed by atoms with Crippen molar-refractivity contribution in [2.24, 2.45) is 5.73 Å². The van der Waals surface area contributed by atoms with Gasteiger partial charge in [0.2, 0.25) is 0 Å². The number of rotatable bonds is 6. The quantitative estimate of drug-likeness (QED) is 0.572. The number of halogens is 2. The van der Waals surface area contributed by atoms with Crippen molar-refractivity contribution in [1.82, 2.24) is 15.1 Å². The second kappa shape index (κ2) is 11.6. The number of hydrogen-bond acceptors (Lipinski definition) is 6. The van der Waals surface area contributed by atoms with Crippen molar-refractivity contribution in [3.63, 3.8) is 0 Å². The van der Waals surface area contributed by atoms with E-state index in [1.807, 2.05) is 0 Å². The fourth-order valence-corrected chi connectivity index (χ4v) is 5.10. The number of benzene rings is 2. The summed E-state index contributed by atoms with van der Waals surface area (Å²) in [7, 11) is 2.98. The van der Waals surface area contributed by atoms with Gasteiger partial charge in [0.1, 0.15) is 0 Å². The summed E-state index contributed by atoms with van der Waals surface area (Å²) in [6, 6.07) is 9.37. The number of amides is 3. The molecule has 9 nitrogen and oxygen atoms in total. The molecule has 2 aromatic carbocycles. The van der Waals surface area contributed by atoms with Crippen LogP contribution in [0.1, 0.15) is 46.4 Å². The van der Waals surface area contributed by atoms with Crippen molar-refractivity contribution in [2.45, 2.75) is 43.9 Å². The van der Waals surface area contributed by atoms with Crippen LogP contribution in [-0.4, -0.2) is 73.1 Å². The lowest BCUT2D eigenvalue weighted by molar-refractivity contribution is -0.129. The maximum Gasteiger partial charge on any atom is 0.264 e. The molecule has 37 heavy (non-hydrogen) atoms. The number of ether oxygens (including phenoxy) is 2. The third kappa shape index (κ3) is 5.79. The molecular weight excluding hydrogens is 519 g/mol. The third-order valence-corrected chi connectivity index (χ3v) is 7.58. The van der Waals surface area contributed by atoms with E-state index in [4.69, 9.17) is 38.4 Å². The highest BCUT2D eigenvalue weighted by atomic mass is 35.5. The molecule has 11 heteroatoms. The van der Waals surface area contributed by atoms with Crippen molar-refractivity contribution in [3.05, 3.63) is 57.6 Å². The fraction of sp³-hybridized carbons (Fsp3) is 0.423. The van der Waals surface area contributed by atoms with Crippen LogP contribution in [0.4, 0.5) is 0 Å². The molecule has 3 N–H and O–H groups in total. The number of nitrogens with two attached hydrogens (primary N) is 1. The zero-order valence-corrected chi connectivity index (χ0v) is 22.2. The molecule has 1 saturated heterocycles. The standard InChI is InChI=1S/C26H30Cl2N4O5/c1-36-21-10-4-16(14-22(21)37-2)26(35)32-12-11-31(25(34)15-3-9-19(27)20(28)13-15)24(32)23(33)30-18-7-5-17(29)6-8-18/h3-4,9-10,13-14,17-18,24H,5-8,11-12,29H2,1-2H3,(H,30,33). The van der Waals surface area contributed by atoms with Crippen LogP contribution in [0.15, 0.2) is 36.4 Å². The second-order valence-electron chi connectivity index (χ2n) is 9.19. The average Bonchev–Trinajstić information content (AvgIpc) is 3.35. The molecule has 0 aromatic heterocycles. The minimum atomic E-state index is -1.14. The van der Waals surface area contributed by atoms with Gasteiger partial charge in [-0.2, -0.15) is 0 Å². The second-order valence-corrected chi connectivity index (χ2v) is 10.0. The van der Waals surface area contributed by atoms with E-state index in [2.05, 4.69) is 5.32 Å². The molecule has 198 valence electrons. The van der Waals surface area contributed by atoms with Gasteiger partial charge in [0.05, 0.1) is 24.3 Å². The van der Waals surface area contributed by atoms with Crippen molar-refractivity contribution in [1.29, 1.82) is 0 Å². The molecule has 1 saturated carbocycles. The van der Waals surface area contributed by atoms with Crippen LogP contribution in [0, 0.1) is 0 Å². The molecule has 0 radical (unpaired) electrons. The van der Waals surface area contributed by atoms with E-state index < -0.39 is 23.9 Å². The highest BCUT2D eigenvalue weighted by molar-refractivity contribution is 6.42. The van der Waals surface area contributed by atoms with E-state index in [-0.39, 0.29) is 35.8 Å². The largest absolute Gasteiger partial charge is 0.493 e. The lowest BCUT2D eigenvalue weighted by atomic mass is 9.92. The van der Waals surface area contributed by atoms with Gasteiger partial charge in [0.15, 0.2) is 17.7 Å². The van der Waals surface area contributed by atoms with Crippen molar-refractivity contribution < 1.29 is 23.9 Å². The summed E-state index contributed by atoms with van der Waals surface area (Å²) in [4.78, 5) is 43.5. The van der Waals surface area contributed by atoms with Gasteiger partial charge in [0.25, 0.3) is 17.7 Å². The summed E-state index contributed by atoms with van der Waals surface area (Å²) in [5, 5.41) is 3.58. The molecule has 1 aliphatic carbocycles. The molecule has 0 spiro atoms. The smallest absolute Gasteiger partial charge is 0.264 e. The van der Waals surface area contributed by atoms with Gasteiger partial charge in [-0.3, -0.25) is 14.4 Å². The first-order chi connectivity index (χ1) is 17.7. The Morgan fingerprint density at radius 3 is 1.97 bits per heavy atom. The van der Waals surface area contributed by atoms with E-state index in [1.54, 1.807) is 24.3 Å². The van der Waals surface area contributed by atoms with E-state index in [9.17, 15) is 14.4 Å². The lowest BCUT2D eigenvalue weighted by Gasteiger charge is -2.33. The SMILES string of the molecule is COc1ccc(C(=O)N2CCN(C(=O)c3ccc(Cl)c(Cl)c3)C2C(=O)NC2CCC(N)CC2)cc1OC. The van der Waals surface area contributed by atoms with Gasteiger partial charge in [-0.15, -0.1) is 0 Å². The Hall–Kier alpha value is -3.01. The first-order valence-corrected chi connectivity index (χ1v) is 12.8. The number of nitrogens with zero attached hydrogens (tertiary/aromatic N) is 2. The lowest BCUT2D eigenvalue weighted by Crippen LogP contribution is -2.56. The average molecular weight is 549 g/mol. The predicted octanol–water partition coefficient (Wildman–Crippen LogP) is 3.32. The van der Waals surface area contributed by atoms with E-state index in [0.29, 0.717) is 22.1 Å². The Labute approximate surface area is 225 Å². The number of carbonyl (C=O) groups is 3. The highest BCUT2D eigenvalue weighted by Crippen LogP contribution is 2.30. The number of carbonyl (C=O) groups excluding carboxylic acids is 3. The molecule has 1 atom stereocenters. The van der Waals surface area contributed by atoms with Crippen LogP contribution in [0.3, 0.4) is 0 Å². The summed E-state index contributed by atoms with van der Waals surface area (Å²) in [6.45, 7) is 0.347. The first-order valence-electron chi connectivity index (χ1n) is 12.1. The van der Waals surface area contributed by atoms with Gasteiger partial charge >= 0.3 is 0 Å². The Kier molecular flexibility index (Phi) is 8.46. The third-order valence-electron chi connectivity index (χ3n) is 6.84. The minimum absolute atomic E-state index is 0.0761. The maximum atomic E-state index is 13.6. The molecular formula is C26H30Cl2N4O5. The molecule has 3 amide bonds. The normalized spacial score (nSPS) is 21.5. The van der Waals surface area contributed by atoms with E-state index >= 15 is 0 Å². The molecule has 1 heterocycles. The van der Waals surface area contributed by atoms with Crippen molar-refractivity contribution in [3.8, 4) is 11.5 Å². The predicted molar refractivity (Wildman–Crippen MR) is 140 cm³/mol. The molecule has 0 bridgehead atoms. The van der Waals surface area contributed by atoms with Crippen LogP contribution >= 0.6 is 23.2 Å². The van der Waals surface area contributed by atoms with Gasteiger partial charge in [-0.1, -0.05) is 23.2 Å². The Morgan fingerprint density at radius 1 is 0.838 bits per heavy atom. The van der Waals surface area contributed by atoms with Crippen LogP contribution in [0.2, 0.25) is 10.0 Å². The maximum absolute atomic E-state index is 13.6. The molecule has 2 aromatic rings. The molecule has 2 fully saturated rings. The zero-order chi connectivity index (χ0) is 26.7. The summed E-state index contributed by atoms with van der Waals surface area (Å²) in [5.41, 5.74) is 6.59. The molecule has 1 aliphatic heterocycles. The van der Waals surface area contributed by atoms with Crippen LogP contribution in [0.5, 0.6) is 11.5 Å². The Morgan fingerprint density at radius 2 is 1.41 bits per heavy atom. The van der Waals surface area contributed by atoms with Crippen LogP contribution in [0.25, 0.3) is 0 Å². The molecule has 1 unspecified atom stereocenters. The first kappa shape index (κ1) is 27.0. The molecule has 4 rings (SSSR count). The van der Waals surface area contributed by atoms with Gasteiger partial charge in [-0.05, 0) is 62.1 Å².